The van der Waals surface area contributed by atoms with Gasteiger partial charge in [-0.05, 0) is 13.8 Å². The standard InChI is InChI=1S/C11H12FN5O2/c1-3-17-10(12)8(6-14-17)5-13-15-11(18)9-4-7(2)19-16-9/h4-6H,3H2,1-2H3,(H,15,18). The molecule has 2 rings (SSSR count). The molecule has 0 bridgehead atoms. The molecule has 0 saturated carbocycles. The van der Waals surface area contributed by atoms with Crippen LogP contribution in [0, 0.1) is 12.9 Å². The molecule has 7 nitrogen and oxygen atoms in total. The largest absolute Gasteiger partial charge is 0.361 e. The molecule has 100 valence electrons. The predicted octanol–water partition coefficient (Wildman–Crippen LogP) is 1.10. The van der Waals surface area contributed by atoms with E-state index in [1.807, 2.05) is 0 Å². The highest BCUT2D eigenvalue weighted by atomic mass is 19.1. The highest BCUT2D eigenvalue weighted by Crippen LogP contribution is 2.03. The number of aryl methyl sites for hydroxylation is 2. The van der Waals surface area contributed by atoms with Crippen molar-refractivity contribution in [3.05, 3.63) is 35.2 Å². The first-order valence-electron chi connectivity index (χ1n) is 5.60. The predicted molar refractivity (Wildman–Crippen MR) is 64.2 cm³/mol. The van der Waals surface area contributed by atoms with E-state index in [0.29, 0.717) is 12.3 Å². The lowest BCUT2D eigenvalue weighted by Gasteiger charge is -1.95. The minimum atomic E-state index is -0.531. The number of hydrogen-bond acceptors (Lipinski definition) is 5. The lowest BCUT2D eigenvalue weighted by Crippen LogP contribution is -2.17. The molecule has 0 aliphatic carbocycles. The van der Waals surface area contributed by atoms with Gasteiger partial charge in [0.25, 0.3) is 5.91 Å². The molecular formula is C11H12FN5O2. The van der Waals surface area contributed by atoms with Crippen LogP contribution in [0.15, 0.2) is 21.9 Å². The van der Waals surface area contributed by atoms with Gasteiger partial charge < -0.3 is 4.52 Å². The Bertz CT molecular complexity index is 616. The number of halogens is 1. The molecule has 19 heavy (non-hydrogen) atoms. The molecule has 8 heteroatoms. The van der Waals surface area contributed by atoms with E-state index in [4.69, 9.17) is 4.52 Å². The van der Waals surface area contributed by atoms with Gasteiger partial charge in [0.05, 0.1) is 18.0 Å². The first-order valence-corrected chi connectivity index (χ1v) is 5.60. The van der Waals surface area contributed by atoms with Gasteiger partial charge in [0.15, 0.2) is 5.69 Å². The maximum Gasteiger partial charge on any atom is 0.293 e. The van der Waals surface area contributed by atoms with Gasteiger partial charge in [-0.2, -0.15) is 14.6 Å². The second-order valence-corrected chi connectivity index (χ2v) is 3.73. The molecule has 2 aromatic rings. The molecule has 2 aromatic heterocycles. The second kappa shape index (κ2) is 5.42. The average molecular weight is 265 g/mol. The summed E-state index contributed by atoms with van der Waals surface area (Å²) in [6, 6.07) is 1.47. The summed E-state index contributed by atoms with van der Waals surface area (Å²) in [5.74, 6) is -0.515. The van der Waals surface area contributed by atoms with E-state index in [0.717, 1.165) is 0 Å². The number of carbonyl (C=O) groups excluding carboxylic acids is 1. The summed E-state index contributed by atoms with van der Waals surface area (Å²) in [5.41, 5.74) is 2.52. The highest BCUT2D eigenvalue weighted by Gasteiger charge is 2.10. The monoisotopic (exact) mass is 265 g/mol. The Morgan fingerprint density at radius 1 is 1.68 bits per heavy atom. The molecular weight excluding hydrogens is 253 g/mol. The van der Waals surface area contributed by atoms with Crippen LogP contribution in [0.1, 0.15) is 28.7 Å². The van der Waals surface area contributed by atoms with Crippen LogP contribution in [0.4, 0.5) is 4.39 Å². The van der Waals surface area contributed by atoms with E-state index < -0.39 is 11.9 Å². The molecule has 0 aliphatic rings. The van der Waals surface area contributed by atoms with Gasteiger partial charge in [-0.1, -0.05) is 5.16 Å². The molecule has 0 aliphatic heterocycles. The summed E-state index contributed by atoms with van der Waals surface area (Å²) in [7, 11) is 0. The quantitative estimate of drug-likeness (QED) is 0.662. The van der Waals surface area contributed by atoms with E-state index in [-0.39, 0.29) is 11.3 Å². The zero-order chi connectivity index (χ0) is 13.8. The van der Waals surface area contributed by atoms with Crippen molar-refractivity contribution in [1.29, 1.82) is 0 Å². The zero-order valence-corrected chi connectivity index (χ0v) is 10.4. The van der Waals surface area contributed by atoms with E-state index >= 15 is 0 Å². The van der Waals surface area contributed by atoms with Crippen molar-refractivity contribution in [2.45, 2.75) is 20.4 Å². The lowest BCUT2D eigenvalue weighted by molar-refractivity contribution is 0.0946. The van der Waals surface area contributed by atoms with E-state index in [1.54, 1.807) is 13.8 Å². The lowest BCUT2D eigenvalue weighted by atomic mass is 10.4. The van der Waals surface area contributed by atoms with Crippen LogP contribution in [-0.4, -0.2) is 27.1 Å². The maximum absolute atomic E-state index is 13.6. The molecule has 0 unspecified atom stereocenters. The number of hydrogen-bond donors (Lipinski definition) is 1. The molecule has 1 N–H and O–H groups in total. The Balaban J connectivity index is 2.00. The summed E-state index contributed by atoms with van der Waals surface area (Å²) < 4.78 is 19.5. The summed E-state index contributed by atoms with van der Waals surface area (Å²) in [6.45, 7) is 3.86. The average Bonchev–Trinajstić information content (AvgIpc) is 2.97. The molecule has 1 amide bonds. The van der Waals surface area contributed by atoms with E-state index in [9.17, 15) is 9.18 Å². The molecule has 0 aromatic carbocycles. The Hall–Kier alpha value is -2.51. The van der Waals surface area contributed by atoms with Crippen LogP contribution in [-0.2, 0) is 6.54 Å². The van der Waals surface area contributed by atoms with E-state index in [1.165, 1.54) is 23.2 Å². The molecule has 0 atom stereocenters. The number of carbonyl (C=O) groups is 1. The van der Waals surface area contributed by atoms with Crippen molar-refractivity contribution in [1.82, 2.24) is 20.4 Å². The zero-order valence-electron chi connectivity index (χ0n) is 10.4. The molecule has 0 fully saturated rings. The minimum absolute atomic E-state index is 0.111. The SMILES string of the molecule is CCn1ncc(C=NNC(=O)c2cc(C)on2)c1F. The van der Waals surface area contributed by atoms with Crippen molar-refractivity contribution in [2.24, 2.45) is 5.10 Å². The number of amides is 1. The fourth-order valence-electron chi connectivity index (χ4n) is 1.38. The first-order chi connectivity index (χ1) is 9.11. The Morgan fingerprint density at radius 2 is 2.47 bits per heavy atom. The van der Waals surface area contributed by atoms with Crippen LogP contribution in [0.3, 0.4) is 0 Å². The van der Waals surface area contributed by atoms with Crippen molar-refractivity contribution in [3.8, 4) is 0 Å². The maximum atomic E-state index is 13.6. The van der Waals surface area contributed by atoms with Gasteiger partial charge in [-0.3, -0.25) is 4.79 Å². The fraction of sp³-hybridized carbons (Fsp3) is 0.273. The molecule has 0 radical (unpaired) electrons. The number of rotatable bonds is 4. The Kier molecular flexibility index (Phi) is 3.69. The van der Waals surface area contributed by atoms with Crippen LogP contribution < -0.4 is 5.43 Å². The highest BCUT2D eigenvalue weighted by molar-refractivity contribution is 5.93. The summed E-state index contributed by atoms with van der Waals surface area (Å²) in [6.07, 6.45) is 2.51. The minimum Gasteiger partial charge on any atom is -0.361 e. The summed E-state index contributed by atoms with van der Waals surface area (Å²) >= 11 is 0. The van der Waals surface area contributed by atoms with Crippen LogP contribution in [0.2, 0.25) is 0 Å². The first kappa shape index (κ1) is 12.9. The van der Waals surface area contributed by atoms with Crippen molar-refractivity contribution < 1.29 is 13.7 Å². The van der Waals surface area contributed by atoms with Gasteiger partial charge in [-0.25, -0.2) is 10.1 Å². The van der Waals surface area contributed by atoms with Gasteiger partial charge in [0.2, 0.25) is 5.95 Å². The third-order valence-electron chi connectivity index (χ3n) is 2.33. The van der Waals surface area contributed by atoms with Crippen LogP contribution in [0.5, 0.6) is 0 Å². The van der Waals surface area contributed by atoms with Crippen molar-refractivity contribution in [2.75, 3.05) is 0 Å². The van der Waals surface area contributed by atoms with Gasteiger partial charge >= 0.3 is 0 Å². The molecule has 0 saturated heterocycles. The smallest absolute Gasteiger partial charge is 0.293 e. The third kappa shape index (κ3) is 2.84. The number of nitrogens with zero attached hydrogens (tertiary/aromatic N) is 4. The van der Waals surface area contributed by atoms with Gasteiger partial charge in [0, 0.05) is 12.6 Å². The molecule has 0 spiro atoms. The number of aromatic nitrogens is 3. The Morgan fingerprint density at radius 3 is 3.05 bits per heavy atom. The van der Waals surface area contributed by atoms with Gasteiger partial charge in [-0.15, -0.1) is 0 Å². The fourth-order valence-corrected chi connectivity index (χ4v) is 1.38. The van der Waals surface area contributed by atoms with Crippen molar-refractivity contribution >= 4 is 12.1 Å². The van der Waals surface area contributed by atoms with Gasteiger partial charge in [0.1, 0.15) is 5.76 Å². The van der Waals surface area contributed by atoms with Crippen LogP contribution in [0.25, 0.3) is 0 Å². The van der Waals surface area contributed by atoms with Crippen LogP contribution >= 0.6 is 0 Å². The number of hydrazone groups is 1. The number of nitrogens with one attached hydrogen (secondary N) is 1. The van der Waals surface area contributed by atoms with Crippen molar-refractivity contribution in [3.63, 3.8) is 0 Å². The second-order valence-electron chi connectivity index (χ2n) is 3.73. The molecule has 2 heterocycles. The third-order valence-corrected chi connectivity index (χ3v) is 2.33. The summed E-state index contributed by atoms with van der Waals surface area (Å²) in [5, 5.41) is 11.0. The topological polar surface area (TPSA) is 85.3 Å². The summed E-state index contributed by atoms with van der Waals surface area (Å²) in [4.78, 5) is 11.5. The normalized spacial score (nSPS) is 11.1. The van der Waals surface area contributed by atoms with E-state index in [2.05, 4.69) is 20.8 Å². The Labute approximate surface area is 108 Å².